The number of fused-ring (bicyclic) bond motifs is 1. The van der Waals surface area contributed by atoms with Gasteiger partial charge in [0.2, 0.25) is 11.8 Å². The van der Waals surface area contributed by atoms with Crippen LogP contribution >= 0.6 is 11.3 Å². The van der Waals surface area contributed by atoms with Crippen LogP contribution in [0.2, 0.25) is 0 Å². The molecule has 0 aliphatic carbocycles. The van der Waals surface area contributed by atoms with Crippen molar-refractivity contribution in [3.8, 4) is 11.1 Å². The molecule has 1 amide bonds. The molecule has 1 fully saturated rings. The standard InChI is InChI=1S/C25H24N4O2S.CH3NO/c1-15-4-2-7-19(26)22(15)23(27)17-6-3-5-16(12-17)18-14-32-25-20(30)13-21(31-24(18)25)29-10-8-28-9-11-29;2-1-3/h2-7,12-14,27-28H,8-11,26H2,1H3;1H,(H2,2,3). The summed E-state index contributed by atoms with van der Waals surface area (Å²) in [5, 5.41) is 14.1. The van der Waals surface area contributed by atoms with Gasteiger partial charge in [-0.1, -0.05) is 30.3 Å². The van der Waals surface area contributed by atoms with Crippen LogP contribution < -0.4 is 27.1 Å². The Hall–Kier alpha value is -3.95. The van der Waals surface area contributed by atoms with Gasteiger partial charge in [0.1, 0.15) is 4.70 Å². The minimum atomic E-state index is -0.0207. The lowest BCUT2D eigenvalue weighted by Crippen LogP contribution is -2.43. The summed E-state index contributed by atoms with van der Waals surface area (Å²) in [6, 6.07) is 15.1. The van der Waals surface area contributed by atoms with Gasteiger partial charge in [-0.2, -0.15) is 0 Å². The van der Waals surface area contributed by atoms with E-state index >= 15 is 0 Å². The first-order valence-electron chi connectivity index (χ1n) is 11.2. The van der Waals surface area contributed by atoms with E-state index in [1.54, 1.807) is 6.07 Å². The summed E-state index contributed by atoms with van der Waals surface area (Å²) >= 11 is 1.40. The van der Waals surface area contributed by atoms with E-state index in [9.17, 15) is 4.79 Å². The van der Waals surface area contributed by atoms with Crippen LogP contribution in [0.4, 0.5) is 11.6 Å². The molecule has 0 radical (unpaired) electrons. The summed E-state index contributed by atoms with van der Waals surface area (Å²) in [7, 11) is 0. The zero-order valence-electron chi connectivity index (χ0n) is 19.3. The SMILES string of the molecule is Cc1cccc(N)c1C(=N)c1cccc(-c2csc3c(=O)cc(N4CCNCC4)oc23)c1.NC=O. The van der Waals surface area contributed by atoms with Crippen LogP contribution in [0.3, 0.4) is 0 Å². The highest BCUT2D eigenvalue weighted by Gasteiger charge is 2.19. The minimum Gasteiger partial charge on any atom is -0.439 e. The lowest BCUT2D eigenvalue weighted by Gasteiger charge is -2.27. The Bertz CT molecular complexity index is 1420. The third kappa shape index (κ3) is 4.96. The average molecular weight is 490 g/mol. The molecule has 9 heteroatoms. The van der Waals surface area contributed by atoms with Crippen molar-refractivity contribution in [1.29, 1.82) is 5.41 Å². The van der Waals surface area contributed by atoms with Crippen molar-refractivity contribution in [2.45, 2.75) is 6.92 Å². The van der Waals surface area contributed by atoms with Gasteiger partial charge in [-0.3, -0.25) is 15.0 Å². The third-order valence-electron chi connectivity index (χ3n) is 5.88. The number of benzene rings is 2. The number of nitrogen functional groups attached to an aromatic ring is 1. The first-order valence-corrected chi connectivity index (χ1v) is 12.0. The van der Waals surface area contributed by atoms with E-state index in [0.717, 1.165) is 54.0 Å². The van der Waals surface area contributed by atoms with Gasteiger partial charge in [0.15, 0.2) is 11.5 Å². The van der Waals surface area contributed by atoms with Crippen molar-refractivity contribution in [1.82, 2.24) is 5.32 Å². The predicted octanol–water partition coefficient (Wildman–Crippen LogP) is 3.34. The number of carbonyl (C=O) groups is 1. The molecular formula is C26H27N5O3S. The van der Waals surface area contributed by atoms with Crippen LogP contribution in [0.25, 0.3) is 21.4 Å². The number of anilines is 2. The molecule has 180 valence electrons. The van der Waals surface area contributed by atoms with E-state index in [0.29, 0.717) is 27.6 Å². The Morgan fingerprint density at radius 2 is 1.89 bits per heavy atom. The highest BCUT2D eigenvalue weighted by atomic mass is 32.1. The van der Waals surface area contributed by atoms with Crippen LogP contribution in [0.5, 0.6) is 0 Å². The quantitative estimate of drug-likeness (QED) is 0.197. The second kappa shape index (κ2) is 10.5. The molecule has 3 heterocycles. The van der Waals surface area contributed by atoms with Crippen LogP contribution in [-0.4, -0.2) is 38.3 Å². The molecule has 1 aliphatic heterocycles. The van der Waals surface area contributed by atoms with Gasteiger partial charge in [-0.25, -0.2) is 0 Å². The number of rotatable bonds is 4. The predicted molar refractivity (Wildman–Crippen MR) is 143 cm³/mol. The van der Waals surface area contributed by atoms with Crippen molar-refractivity contribution in [2.75, 3.05) is 36.8 Å². The number of amides is 1. The highest BCUT2D eigenvalue weighted by molar-refractivity contribution is 7.17. The van der Waals surface area contributed by atoms with Gasteiger partial charge in [0, 0.05) is 60.0 Å². The zero-order chi connectivity index (χ0) is 24.9. The van der Waals surface area contributed by atoms with Crippen LogP contribution in [-0.2, 0) is 4.79 Å². The minimum absolute atomic E-state index is 0.0207. The molecule has 5 rings (SSSR count). The molecule has 2 aromatic carbocycles. The van der Waals surface area contributed by atoms with E-state index in [1.165, 1.54) is 11.3 Å². The normalized spacial score (nSPS) is 13.2. The van der Waals surface area contributed by atoms with Crippen molar-refractivity contribution in [3.05, 3.63) is 80.8 Å². The van der Waals surface area contributed by atoms with E-state index in [1.807, 2.05) is 54.8 Å². The molecule has 0 spiro atoms. The molecule has 4 aromatic rings. The lowest BCUT2D eigenvalue weighted by molar-refractivity contribution is -0.106. The fraction of sp³-hybridized carbons (Fsp3) is 0.192. The maximum atomic E-state index is 12.8. The van der Waals surface area contributed by atoms with Crippen LogP contribution in [0.15, 0.2) is 63.1 Å². The van der Waals surface area contributed by atoms with Gasteiger partial charge in [-0.05, 0) is 30.2 Å². The second-order valence-corrected chi connectivity index (χ2v) is 9.00. The van der Waals surface area contributed by atoms with E-state index < -0.39 is 0 Å². The van der Waals surface area contributed by atoms with Gasteiger partial charge in [-0.15, -0.1) is 11.3 Å². The topological polar surface area (TPSA) is 138 Å². The van der Waals surface area contributed by atoms with E-state index in [4.69, 9.17) is 20.4 Å². The van der Waals surface area contributed by atoms with Crippen molar-refractivity contribution in [2.24, 2.45) is 5.73 Å². The Morgan fingerprint density at radius 3 is 2.60 bits per heavy atom. The molecule has 1 aliphatic rings. The summed E-state index contributed by atoms with van der Waals surface area (Å²) in [5.41, 5.74) is 16.1. The summed E-state index contributed by atoms with van der Waals surface area (Å²) in [6.45, 7) is 5.30. The number of primary amides is 1. The number of hydrogen-bond donors (Lipinski definition) is 4. The third-order valence-corrected chi connectivity index (χ3v) is 6.85. The lowest BCUT2D eigenvalue weighted by atomic mass is 9.94. The summed E-state index contributed by atoms with van der Waals surface area (Å²) in [4.78, 5) is 23.5. The van der Waals surface area contributed by atoms with E-state index in [-0.39, 0.29) is 11.8 Å². The van der Waals surface area contributed by atoms with Gasteiger partial charge >= 0.3 is 0 Å². The Balaban J connectivity index is 0.000000917. The fourth-order valence-corrected chi connectivity index (χ4v) is 5.10. The van der Waals surface area contributed by atoms with Crippen molar-refractivity contribution in [3.63, 3.8) is 0 Å². The van der Waals surface area contributed by atoms with Crippen LogP contribution in [0.1, 0.15) is 16.7 Å². The molecule has 0 unspecified atom stereocenters. The maximum absolute atomic E-state index is 12.8. The number of piperazine rings is 1. The van der Waals surface area contributed by atoms with Gasteiger partial charge < -0.3 is 26.1 Å². The van der Waals surface area contributed by atoms with Gasteiger partial charge in [0.25, 0.3) is 0 Å². The highest BCUT2D eigenvalue weighted by Crippen LogP contribution is 2.35. The average Bonchev–Trinajstić information content (AvgIpc) is 3.30. The number of aryl methyl sites for hydroxylation is 1. The molecule has 0 atom stereocenters. The second-order valence-electron chi connectivity index (χ2n) is 8.12. The summed E-state index contributed by atoms with van der Waals surface area (Å²) < 4.78 is 6.88. The smallest absolute Gasteiger partial charge is 0.204 e. The largest absolute Gasteiger partial charge is 0.439 e. The molecule has 2 aromatic heterocycles. The van der Waals surface area contributed by atoms with E-state index in [2.05, 4.69) is 16.0 Å². The van der Waals surface area contributed by atoms with Crippen LogP contribution in [0, 0.1) is 12.3 Å². The number of nitrogens with two attached hydrogens (primary N) is 2. The number of nitrogens with one attached hydrogen (secondary N) is 2. The number of nitrogens with zero attached hydrogens (tertiary/aromatic N) is 1. The van der Waals surface area contributed by atoms with Gasteiger partial charge in [0.05, 0.1) is 5.71 Å². The molecule has 0 bridgehead atoms. The van der Waals surface area contributed by atoms with Crippen molar-refractivity contribution >= 4 is 45.3 Å². The Labute approximate surface area is 206 Å². The molecule has 8 nitrogen and oxygen atoms in total. The summed E-state index contributed by atoms with van der Waals surface area (Å²) in [5.74, 6) is 0.611. The molecule has 6 N–H and O–H groups in total. The number of hydrogen-bond acceptors (Lipinski definition) is 8. The Kier molecular flexibility index (Phi) is 7.28. The number of carbonyl (C=O) groups excluding carboxylic acids is 1. The molecular weight excluding hydrogens is 462 g/mol. The zero-order valence-corrected chi connectivity index (χ0v) is 20.2. The molecule has 1 saturated heterocycles. The Morgan fingerprint density at radius 1 is 1.17 bits per heavy atom. The number of thiophene rings is 1. The fourth-order valence-electron chi connectivity index (χ4n) is 4.19. The van der Waals surface area contributed by atoms with Crippen molar-refractivity contribution < 1.29 is 9.21 Å². The molecule has 0 saturated carbocycles. The monoisotopic (exact) mass is 489 g/mol. The first kappa shape index (κ1) is 24.2. The molecule has 35 heavy (non-hydrogen) atoms. The first-order chi connectivity index (χ1) is 16.9. The maximum Gasteiger partial charge on any atom is 0.204 e. The summed E-state index contributed by atoms with van der Waals surface area (Å²) in [6.07, 6.45) is 0.250.